The molecule has 0 fully saturated rings. The molecule has 0 aliphatic carbocycles. The molecule has 1 aromatic heterocycles. The molecule has 4 aromatic rings. The van der Waals surface area contributed by atoms with Gasteiger partial charge in [0.05, 0.1) is 31.9 Å². The third kappa shape index (κ3) is 4.53. The maximum Gasteiger partial charge on any atom is 0.271 e. The number of rotatable bonds is 4. The van der Waals surface area contributed by atoms with Crippen LogP contribution in [0.2, 0.25) is 10.0 Å². The molecule has 1 aliphatic rings. The maximum absolute atomic E-state index is 13.8. The van der Waals surface area contributed by atoms with Gasteiger partial charge in [0.2, 0.25) is 0 Å². The summed E-state index contributed by atoms with van der Waals surface area (Å²) in [7, 11) is 0. The molecule has 2 heterocycles. The Morgan fingerprint density at radius 3 is 2.50 bits per heavy atom. The van der Waals surface area contributed by atoms with E-state index in [0.29, 0.717) is 47.5 Å². The van der Waals surface area contributed by atoms with Gasteiger partial charge in [-0.25, -0.2) is 9.38 Å². The number of fused-ring (bicyclic) bond motifs is 1. The number of hydrogen-bond acceptors (Lipinski definition) is 4. The number of anilines is 1. The van der Waals surface area contributed by atoms with Gasteiger partial charge in [-0.3, -0.25) is 14.2 Å². The Bertz CT molecular complexity index is 1690. The van der Waals surface area contributed by atoms with Crippen molar-refractivity contribution in [3.8, 4) is 0 Å². The number of para-hydroxylation sites is 1. The van der Waals surface area contributed by atoms with Crippen LogP contribution in [0, 0.1) is 5.82 Å². The molecule has 1 N–H and O–H groups in total. The SMILES string of the molecule is CC1=C(C(=O)Nc2ccccc2)[C@@H](c2ccc(F)cc2)n2c(s/c(=C\c3cccc(Cl)c3Cl)c2=O)=N1. The fraction of sp³-hybridized carbons (Fsp3) is 0.0741. The average molecular weight is 538 g/mol. The number of aromatic nitrogens is 1. The molecule has 3 aromatic carbocycles. The molecule has 0 spiro atoms. The lowest BCUT2D eigenvalue weighted by molar-refractivity contribution is -0.113. The number of nitrogens with one attached hydrogen (secondary N) is 1. The lowest BCUT2D eigenvalue weighted by Gasteiger charge is -2.25. The van der Waals surface area contributed by atoms with Gasteiger partial charge in [-0.15, -0.1) is 0 Å². The van der Waals surface area contributed by atoms with Crippen molar-refractivity contribution >= 4 is 52.2 Å². The normalized spacial score (nSPS) is 15.4. The summed E-state index contributed by atoms with van der Waals surface area (Å²) < 4.78 is 15.6. The highest BCUT2D eigenvalue weighted by Gasteiger charge is 2.32. The van der Waals surface area contributed by atoms with E-state index in [1.54, 1.807) is 55.5 Å². The highest BCUT2D eigenvalue weighted by atomic mass is 35.5. The van der Waals surface area contributed by atoms with Crippen LogP contribution >= 0.6 is 34.5 Å². The minimum Gasteiger partial charge on any atom is -0.322 e. The van der Waals surface area contributed by atoms with Gasteiger partial charge < -0.3 is 5.32 Å². The van der Waals surface area contributed by atoms with Crippen molar-refractivity contribution < 1.29 is 9.18 Å². The van der Waals surface area contributed by atoms with Crippen LogP contribution < -0.4 is 20.2 Å². The lowest BCUT2D eigenvalue weighted by Crippen LogP contribution is -2.40. The van der Waals surface area contributed by atoms with Crippen LogP contribution in [0.5, 0.6) is 0 Å². The van der Waals surface area contributed by atoms with Crippen LogP contribution in [-0.2, 0) is 4.79 Å². The number of hydrogen-bond donors (Lipinski definition) is 1. The molecule has 5 nitrogen and oxygen atoms in total. The molecule has 1 atom stereocenters. The second-order valence-corrected chi connectivity index (χ2v) is 9.89. The number of amides is 1. The number of halogens is 3. The largest absolute Gasteiger partial charge is 0.322 e. The van der Waals surface area contributed by atoms with Crippen LogP contribution in [0.4, 0.5) is 10.1 Å². The van der Waals surface area contributed by atoms with Gasteiger partial charge in [0, 0.05) is 5.69 Å². The summed E-state index contributed by atoms with van der Waals surface area (Å²) in [5.41, 5.74) is 2.19. The highest BCUT2D eigenvalue weighted by molar-refractivity contribution is 7.07. The second kappa shape index (κ2) is 9.85. The Morgan fingerprint density at radius 1 is 1.06 bits per heavy atom. The zero-order valence-corrected chi connectivity index (χ0v) is 21.2. The summed E-state index contributed by atoms with van der Waals surface area (Å²) in [6.45, 7) is 1.72. The van der Waals surface area contributed by atoms with Crippen molar-refractivity contribution in [1.29, 1.82) is 0 Å². The van der Waals surface area contributed by atoms with Crippen LogP contribution in [0.25, 0.3) is 6.08 Å². The first-order chi connectivity index (χ1) is 17.3. The number of nitrogens with zero attached hydrogens (tertiary/aromatic N) is 2. The van der Waals surface area contributed by atoms with Gasteiger partial charge >= 0.3 is 0 Å². The summed E-state index contributed by atoms with van der Waals surface area (Å²) in [6, 6.07) is 19.1. The Hall–Kier alpha value is -3.52. The Kier molecular flexibility index (Phi) is 6.62. The predicted octanol–water partition coefficient (Wildman–Crippen LogP) is 5.32. The molecule has 0 bridgehead atoms. The summed E-state index contributed by atoms with van der Waals surface area (Å²) in [5, 5.41) is 3.59. The van der Waals surface area contributed by atoms with Crippen LogP contribution in [-0.4, -0.2) is 10.5 Å². The van der Waals surface area contributed by atoms with Crippen molar-refractivity contribution in [2.45, 2.75) is 13.0 Å². The molecular weight excluding hydrogens is 520 g/mol. The van der Waals surface area contributed by atoms with Crippen molar-refractivity contribution in [1.82, 2.24) is 4.57 Å². The van der Waals surface area contributed by atoms with E-state index >= 15 is 0 Å². The average Bonchev–Trinajstić information content (AvgIpc) is 3.16. The van der Waals surface area contributed by atoms with Crippen molar-refractivity contribution in [2.75, 3.05) is 5.32 Å². The number of thiazole rings is 1. The molecule has 0 radical (unpaired) electrons. The van der Waals surface area contributed by atoms with Crippen molar-refractivity contribution in [3.05, 3.63) is 131 Å². The van der Waals surface area contributed by atoms with Gasteiger partial charge in [-0.1, -0.05) is 77.0 Å². The van der Waals surface area contributed by atoms with E-state index in [9.17, 15) is 14.0 Å². The molecule has 0 saturated carbocycles. The predicted molar refractivity (Wildman–Crippen MR) is 142 cm³/mol. The molecule has 9 heteroatoms. The topological polar surface area (TPSA) is 63.5 Å². The number of benzene rings is 3. The van der Waals surface area contributed by atoms with Crippen molar-refractivity contribution in [2.24, 2.45) is 4.99 Å². The minimum absolute atomic E-state index is 0.296. The summed E-state index contributed by atoms with van der Waals surface area (Å²) >= 11 is 13.7. The summed E-state index contributed by atoms with van der Waals surface area (Å²) in [6.07, 6.45) is 1.66. The van der Waals surface area contributed by atoms with E-state index in [1.807, 2.05) is 18.2 Å². The van der Waals surface area contributed by atoms with E-state index < -0.39 is 17.8 Å². The van der Waals surface area contributed by atoms with E-state index in [-0.39, 0.29) is 5.56 Å². The van der Waals surface area contributed by atoms with Gasteiger partial charge in [0.25, 0.3) is 11.5 Å². The minimum atomic E-state index is -0.803. The third-order valence-electron chi connectivity index (χ3n) is 5.75. The Morgan fingerprint density at radius 2 is 1.78 bits per heavy atom. The molecule has 1 amide bonds. The van der Waals surface area contributed by atoms with E-state index in [2.05, 4.69) is 10.3 Å². The summed E-state index contributed by atoms with van der Waals surface area (Å²) in [5.74, 6) is -0.818. The fourth-order valence-electron chi connectivity index (χ4n) is 4.07. The smallest absolute Gasteiger partial charge is 0.271 e. The number of allylic oxidation sites excluding steroid dienone is 1. The first kappa shape index (κ1) is 24.2. The zero-order valence-electron chi connectivity index (χ0n) is 18.8. The Balaban J connectivity index is 1.69. The molecule has 36 heavy (non-hydrogen) atoms. The Labute approximate surface area is 219 Å². The first-order valence-corrected chi connectivity index (χ1v) is 12.5. The maximum atomic E-state index is 13.8. The molecule has 5 rings (SSSR count). The van der Waals surface area contributed by atoms with E-state index in [1.165, 1.54) is 28.0 Å². The van der Waals surface area contributed by atoms with Crippen molar-refractivity contribution in [3.63, 3.8) is 0 Å². The zero-order chi connectivity index (χ0) is 25.4. The van der Waals surface area contributed by atoms with Gasteiger partial charge in [-0.2, -0.15) is 0 Å². The molecule has 0 unspecified atom stereocenters. The third-order valence-corrected chi connectivity index (χ3v) is 7.57. The molecular formula is C27H18Cl2FN3O2S. The number of carbonyl (C=O) groups is 1. The quantitative estimate of drug-likeness (QED) is 0.383. The van der Waals surface area contributed by atoms with Crippen LogP contribution in [0.1, 0.15) is 24.1 Å². The van der Waals surface area contributed by atoms with E-state index in [0.717, 1.165) is 0 Å². The van der Waals surface area contributed by atoms with Gasteiger partial charge in [0.1, 0.15) is 5.82 Å². The second-order valence-electron chi connectivity index (χ2n) is 8.10. The summed E-state index contributed by atoms with van der Waals surface area (Å²) in [4.78, 5) is 32.2. The molecule has 180 valence electrons. The van der Waals surface area contributed by atoms with Gasteiger partial charge in [-0.05, 0) is 54.5 Å². The highest BCUT2D eigenvalue weighted by Crippen LogP contribution is 2.31. The number of carbonyl (C=O) groups excluding carboxylic acids is 1. The van der Waals surface area contributed by atoms with Crippen LogP contribution in [0.3, 0.4) is 0 Å². The monoisotopic (exact) mass is 537 g/mol. The fourth-order valence-corrected chi connectivity index (χ4v) is 5.47. The van der Waals surface area contributed by atoms with E-state index in [4.69, 9.17) is 23.2 Å². The lowest BCUT2D eigenvalue weighted by atomic mass is 9.95. The molecule has 0 saturated heterocycles. The van der Waals surface area contributed by atoms with Crippen LogP contribution in [0.15, 0.2) is 93.9 Å². The standard InChI is InChI=1S/C27H18Cl2FN3O2S/c1-15-22(25(34)32-19-7-3-2-4-8-19)24(16-10-12-18(30)13-11-16)33-26(35)21(36-27(33)31-15)14-17-6-5-9-20(28)23(17)29/h2-14,24H,1H3,(H,32,34)/b21-14-/t24-/m1/s1. The first-order valence-electron chi connectivity index (χ1n) is 10.9. The molecule has 1 aliphatic heterocycles. The van der Waals surface area contributed by atoms with Gasteiger partial charge in [0.15, 0.2) is 4.80 Å².